The minimum Gasteiger partial charge on any atom is -0.465 e. The topological polar surface area (TPSA) is 106 Å². The summed E-state index contributed by atoms with van der Waals surface area (Å²) < 4.78 is 10.1. The van der Waals surface area contributed by atoms with Gasteiger partial charge in [-0.3, -0.25) is 14.9 Å². The van der Waals surface area contributed by atoms with Crippen molar-refractivity contribution >= 4 is 40.8 Å². The average Bonchev–Trinajstić information content (AvgIpc) is 3.31. The zero-order chi connectivity index (χ0) is 22.2. The molecule has 1 aliphatic heterocycles. The highest BCUT2D eigenvalue weighted by Gasteiger charge is 2.16. The zero-order valence-corrected chi connectivity index (χ0v) is 17.8. The molecular formula is C22H23N3O5S. The normalized spacial score (nSPS) is 15.1. The van der Waals surface area contributed by atoms with Crippen molar-refractivity contribution < 1.29 is 23.9 Å². The molecule has 2 amide bonds. The van der Waals surface area contributed by atoms with Crippen LogP contribution in [-0.4, -0.2) is 49.3 Å². The predicted molar refractivity (Wildman–Crippen MR) is 119 cm³/mol. The van der Waals surface area contributed by atoms with Crippen LogP contribution in [0.4, 0.5) is 5.69 Å². The summed E-state index contributed by atoms with van der Waals surface area (Å²) in [5.74, 6) is -1.07. The number of carbonyl (C=O) groups excluding carboxylic acids is 3. The fraction of sp³-hybridized carbons (Fsp3) is 0.273. The number of anilines is 1. The molecule has 0 bridgehead atoms. The Kier molecular flexibility index (Phi) is 7.69. The summed E-state index contributed by atoms with van der Waals surface area (Å²) in [4.78, 5) is 36.0. The van der Waals surface area contributed by atoms with E-state index < -0.39 is 11.9 Å². The molecule has 31 heavy (non-hydrogen) atoms. The molecule has 1 saturated heterocycles. The second kappa shape index (κ2) is 10.6. The predicted octanol–water partition coefficient (Wildman–Crippen LogP) is 2.51. The molecule has 0 aliphatic carbocycles. The molecular weight excluding hydrogens is 418 g/mol. The first-order valence-electron chi connectivity index (χ1n) is 9.77. The van der Waals surface area contributed by atoms with Crippen LogP contribution >= 0.6 is 12.2 Å². The average molecular weight is 442 g/mol. The third kappa shape index (κ3) is 6.34. The van der Waals surface area contributed by atoms with Crippen LogP contribution in [0.5, 0.6) is 0 Å². The molecule has 1 atom stereocenters. The van der Waals surface area contributed by atoms with Crippen LogP contribution in [0.2, 0.25) is 0 Å². The Hall–Kier alpha value is -3.30. The second-order valence-electron chi connectivity index (χ2n) is 6.90. The van der Waals surface area contributed by atoms with Gasteiger partial charge in [0, 0.05) is 30.0 Å². The summed E-state index contributed by atoms with van der Waals surface area (Å²) >= 11 is 5.18. The van der Waals surface area contributed by atoms with Crippen LogP contribution in [0, 0.1) is 0 Å². The summed E-state index contributed by atoms with van der Waals surface area (Å²) in [6.07, 6.45) is 2.07. The number of thiocarbonyl (C=S) groups is 1. The number of hydrogen-bond donors (Lipinski definition) is 3. The van der Waals surface area contributed by atoms with E-state index in [4.69, 9.17) is 17.0 Å². The fourth-order valence-electron chi connectivity index (χ4n) is 3.03. The van der Waals surface area contributed by atoms with Gasteiger partial charge in [0.05, 0.1) is 18.8 Å². The zero-order valence-electron chi connectivity index (χ0n) is 17.0. The van der Waals surface area contributed by atoms with E-state index in [1.54, 1.807) is 24.3 Å². The molecule has 162 valence electrons. The first-order valence-corrected chi connectivity index (χ1v) is 10.2. The number of carbonyl (C=O) groups is 3. The fourth-order valence-corrected chi connectivity index (χ4v) is 3.24. The van der Waals surface area contributed by atoms with Gasteiger partial charge in [-0.25, -0.2) is 4.79 Å². The van der Waals surface area contributed by atoms with Gasteiger partial charge >= 0.3 is 5.97 Å². The number of methoxy groups -OCH3 is 1. The van der Waals surface area contributed by atoms with Gasteiger partial charge in [-0.1, -0.05) is 0 Å². The first-order chi connectivity index (χ1) is 15.0. The Bertz CT molecular complexity index is 954. The maximum Gasteiger partial charge on any atom is 0.337 e. The van der Waals surface area contributed by atoms with E-state index >= 15 is 0 Å². The van der Waals surface area contributed by atoms with Crippen molar-refractivity contribution in [3.05, 3.63) is 65.2 Å². The Labute approximate surface area is 185 Å². The van der Waals surface area contributed by atoms with Crippen molar-refractivity contribution in [1.82, 2.24) is 10.6 Å². The molecule has 3 N–H and O–H groups in total. The lowest BCUT2D eigenvalue weighted by Crippen LogP contribution is -2.34. The van der Waals surface area contributed by atoms with E-state index in [1.807, 2.05) is 0 Å². The molecule has 1 fully saturated rings. The lowest BCUT2D eigenvalue weighted by Gasteiger charge is -2.12. The molecule has 2 aromatic carbocycles. The smallest absolute Gasteiger partial charge is 0.337 e. The molecule has 1 heterocycles. The maximum atomic E-state index is 12.3. The molecule has 0 saturated carbocycles. The van der Waals surface area contributed by atoms with Crippen LogP contribution in [0.15, 0.2) is 48.5 Å². The third-order valence-electron chi connectivity index (χ3n) is 4.71. The minimum absolute atomic E-state index is 0.0857. The van der Waals surface area contributed by atoms with Gasteiger partial charge in [0.2, 0.25) is 0 Å². The second-order valence-corrected chi connectivity index (χ2v) is 7.31. The first kappa shape index (κ1) is 22.4. The Morgan fingerprint density at radius 2 is 1.61 bits per heavy atom. The molecule has 0 radical (unpaired) electrons. The number of esters is 1. The van der Waals surface area contributed by atoms with Crippen molar-refractivity contribution in [3.63, 3.8) is 0 Å². The van der Waals surface area contributed by atoms with E-state index in [0.29, 0.717) is 28.9 Å². The van der Waals surface area contributed by atoms with Crippen molar-refractivity contribution in [3.8, 4) is 0 Å². The number of ether oxygens (including phenoxy) is 2. The number of nitrogens with one attached hydrogen (secondary N) is 3. The van der Waals surface area contributed by atoms with Gasteiger partial charge < -0.3 is 20.1 Å². The van der Waals surface area contributed by atoms with Gasteiger partial charge in [0.15, 0.2) is 5.11 Å². The summed E-state index contributed by atoms with van der Waals surface area (Å²) in [6.45, 7) is 1.24. The van der Waals surface area contributed by atoms with E-state index in [9.17, 15) is 14.4 Å². The molecule has 9 heteroatoms. The van der Waals surface area contributed by atoms with Crippen molar-refractivity contribution in [1.29, 1.82) is 0 Å². The third-order valence-corrected chi connectivity index (χ3v) is 4.92. The number of benzene rings is 2. The van der Waals surface area contributed by atoms with Crippen molar-refractivity contribution in [2.24, 2.45) is 0 Å². The van der Waals surface area contributed by atoms with E-state index in [0.717, 1.165) is 19.4 Å². The highest BCUT2D eigenvalue weighted by atomic mass is 32.1. The lowest BCUT2D eigenvalue weighted by atomic mass is 10.1. The Morgan fingerprint density at radius 3 is 2.23 bits per heavy atom. The van der Waals surface area contributed by atoms with Gasteiger partial charge in [0.25, 0.3) is 11.8 Å². The van der Waals surface area contributed by atoms with Gasteiger partial charge in [-0.2, -0.15) is 0 Å². The molecule has 0 spiro atoms. The Morgan fingerprint density at radius 1 is 1.00 bits per heavy atom. The summed E-state index contributed by atoms with van der Waals surface area (Å²) in [5.41, 5.74) is 1.83. The van der Waals surface area contributed by atoms with Crippen LogP contribution in [0.1, 0.15) is 43.9 Å². The van der Waals surface area contributed by atoms with Gasteiger partial charge in [0.1, 0.15) is 0 Å². The number of hydrogen-bond acceptors (Lipinski definition) is 6. The molecule has 1 unspecified atom stereocenters. The maximum absolute atomic E-state index is 12.3. The lowest BCUT2D eigenvalue weighted by molar-refractivity contribution is 0.0600. The van der Waals surface area contributed by atoms with E-state index in [2.05, 4.69) is 20.7 Å². The summed E-state index contributed by atoms with van der Waals surface area (Å²) in [7, 11) is 1.29. The number of rotatable bonds is 6. The summed E-state index contributed by atoms with van der Waals surface area (Å²) in [6, 6.07) is 12.8. The SMILES string of the molecule is COC(=O)c1ccc(C(=O)NC(=S)Nc2ccc(C(=O)NCC3CCCO3)cc2)cc1. The molecule has 2 aromatic rings. The van der Waals surface area contributed by atoms with Crippen LogP contribution < -0.4 is 16.0 Å². The van der Waals surface area contributed by atoms with Crippen LogP contribution in [0.25, 0.3) is 0 Å². The summed E-state index contributed by atoms with van der Waals surface area (Å²) in [5, 5.41) is 8.44. The van der Waals surface area contributed by atoms with Crippen molar-refractivity contribution in [2.75, 3.05) is 25.6 Å². The minimum atomic E-state index is -0.479. The van der Waals surface area contributed by atoms with E-state index in [1.165, 1.54) is 31.4 Å². The molecule has 3 rings (SSSR count). The Balaban J connectivity index is 1.49. The largest absolute Gasteiger partial charge is 0.465 e. The monoisotopic (exact) mass is 441 g/mol. The van der Waals surface area contributed by atoms with Crippen LogP contribution in [0.3, 0.4) is 0 Å². The standard InChI is InChI=1S/C22H23N3O5S/c1-29-21(28)16-6-4-15(5-7-16)20(27)25-22(31)24-17-10-8-14(9-11-17)19(26)23-13-18-3-2-12-30-18/h4-11,18H,2-3,12-13H2,1H3,(H,23,26)(H2,24,25,27,31). The molecule has 8 nitrogen and oxygen atoms in total. The van der Waals surface area contributed by atoms with E-state index in [-0.39, 0.29) is 17.1 Å². The molecule has 0 aromatic heterocycles. The highest BCUT2D eigenvalue weighted by molar-refractivity contribution is 7.80. The molecule has 1 aliphatic rings. The van der Waals surface area contributed by atoms with Crippen molar-refractivity contribution in [2.45, 2.75) is 18.9 Å². The van der Waals surface area contributed by atoms with Gasteiger partial charge in [-0.05, 0) is 73.6 Å². The highest BCUT2D eigenvalue weighted by Crippen LogP contribution is 2.12. The number of amides is 2. The quantitative estimate of drug-likeness (QED) is 0.467. The van der Waals surface area contributed by atoms with Crippen LogP contribution in [-0.2, 0) is 9.47 Å². The van der Waals surface area contributed by atoms with Gasteiger partial charge in [-0.15, -0.1) is 0 Å².